The topological polar surface area (TPSA) is 55.6 Å². The lowest BCUT2D eigenvalue weighted by Gasteiger charge is -2.37. The molecule has 1 aliphatic rings. The Morgan fingerprint density at radius 3 is 3.06 bits per heavy atom. The van der Waals surface area contributed by atoms with Crippen molar-refractivity contribution in [2.75, 3.05) is 13.7 Å². The zero-order valence-electron chi connectivity index (χ0n) is 10.9. The molecule has 0 saturated carbocycles. The van der Waals surface area contributed by atoms with Crippen LogP contribution in [-0.2, 0) is 0 Å². The van der Waals surface area contributed by atoms with E-state index in [-0.39, 0.29) is 18.0 Å². The first kappa shape index (κ1) is 13.4. The van der Waals surface area contributed by atoms with E-state index >= 15 is 0 Å². The van der Waals surface area contributed by atoms with Crippen LogP contribution in [0.2, 0.25) is 0 Å². The second-order valence-electron chi connectivity index (χ2n) is 4.74. The fraction of sp³-hybridized carbons (Fsp3) is 0.615. The molecule has 1 fully saturated rings. The summed E-state index contributed by atoms with van der Waals surface area (Å²) in [5.41, 5.74) is 6.00. The number of rotatable bonds is 3. The van der Waals surface area contributed by atoms with Crippen molar-refractivity contribution in [3.05, 3.63) is 16.3 Å². The largest absolute Gasteiger partial charge is 0.495 e. The number of carbonyl (C=O) groups excluding carboxylic acids is 1. The molecule has 1 aromatic rings. The van der Waals surface area contributed by atoms with Gasteiger partial charge in [0, 0.05) is 18.6 Å². The maximum atomic E-state index is 12.6. The van der Waals surface area contributed by atoms with Gasteiger partial charge in [-0.3, -0.25) is 4.79 Å². The number of carbonyl (C=O) groups is 1. The number of methoxy groups -OCH3 is 1. The third-order valence-corrected chi connectivity index (χ3v) is 4.34. The van der Waals surface area contributed by atoms with Gasteiger partial charge in [0.2, 0.25) is 0 Å². The molecule has 5 heteroatoms. The average molecular weight is 268 g/mol. The van der Waals surface area contributed by atoms with Gasteiger partial charge in [-0.2, -0.15) is 0 Å². The highest BCUT2D eigenvalue weighted by molar-refractivity contribution is 7.12. The molecule has 0 bridgehead atoms. The molecule has 0 radical (unpaired) electrons. The third kappa shape index (κ3) is 2.52. The number of nitrogens with zero attached hydrogens (tertiary/aromatic N) is 1. The Labute approximate surface area is 112 Å². The fourth-order valence-corrected chi connectivity index (χ4v) is 3.31. The molecule has 18 heavy (non-hydrogen) atoms. The maximum absolute atomic E-state index is 12.6. The van der Waals surface area contributed by atoms with Crippen LogP contribution < -0.4 is 10.5 Å². The van der Waals surface area contributed by atoms with E-state index in [0.29, 0.717) is 10.6 Å². The second kappa shape index (κ2) is 5.71. The van der Waals surface area contributed by atoms with Gasteiger partial charge in [-0.25, -0.2) is 0 Å². The van der Waals surface area contributed by atoms with Crippen LogP contribution in [0, 0.1) is 0 Å². The van der Waals surface area contributed by atoms with Gasteiger partial charge in [-0.05, 0) is 37.6 Å². The Hall–Kier alpha value is -1.07. The first-order valence-corrected chi connectivity index (χ1v) is 7.21. The van der Waals surface area contributed by atoms with Gasteiger partial charge in [-0.1, -0.05) is 0 Å². The molecule has 0 spiro atoms. The molecule has 2 heterocycles. The van der Waals surface area contributed by atoms with Gasteiger partial charge < -0.3 is 15.4 Å². The molecule has 2 N–H and O–H groups in total. The molecule has 2 atom stereocenters. The lowest BCUT2D eigenvalue weighted by molar-refractivity contribution is 0.0586. The van der Waals surface area contributed by atoms with Gasteiger partial charge in [0.25, 0.3) is 5.91 Å². The molecular formula is C13H20N2O2S. The van der Waals surface area contributed by atoms with E-state index in [1.165, 1.54) is 11.3 Å². The molecule has 2 rings (SSSR count). The average Bonchev–Trinajstić information content (AvgIpc) is 2.86. The van der Waals surface area contributed by atoms with Crippen molar-refractivity contribution in [2.24, 2.45) is 5.73 Å². The Balaban J connectivity index is 2.21. The normalized spacial score (nSPS) is 21.7. The Morgan fingerprint density at radius 2 is 2.39 bits per heavy atom. The highest BCUT2D eigenvalue weighted by atomic mass is 32.1. The smallest absolute Gasteiger partial charge is 0.268 e. The Kier molecular flexibility index (Phi) is 4.24. The van der Waals surface area contributed by atoms with Crippen molar-refractivity contribution in [2.45, 2.75) is 38.3 Å². The van der Waals surface area contributed by atoms with E-state index in [0.717, 1.165) is 25.8 Å². The molecule has 1 aromatic heterocycles. The van der Waals surface area contributed by atoms with E-state index in [1.54, 1.807) is 7.11 Å². The number of thiophene rings is 1. The van der Waals surface area contributed by atoms with Crippen molar-refractivity contribution in [3.63, 3.8) is 0 Å². The number of hydrogen-bond donors (Lipinski definition) is 1. The van der Waals surface area contributed by atoms with Crippen molar-refractivity contribution in [3.8, 4) is 5.75 Å². The van der Waals surface area contributed by atoms with Crippen LogP contribution in [0.3, 0.4) is 0 Å². The van der Waals surface area contributed by atoms with Crippen LogP contribution in [0.15, 0.2) is 11.4 Å². The predicted octanol–water partition coefficient (Wildman–Crippen LogP) is 2.10. The quantitative estimate of drug-likeness (QED) is 0.913. The summed E-state index contributed by atoms with van der Waals surface area (Å²) < 4.78 is 5.22. The highest BCUT2D eigenvalue weighted by Crippen LogP contribution is 2.29. The van der Waals surface area contributed by atoms with Crippen LogP contribution in [0.5, 0.6) is 5.75 Å². The monoisotopic (exact) mass is 268 g/mol. The lowest BCUT2D eigenvalue weighted by Crippen LogP contribution is -2.51. The minimum Gasteiger partial charge on any atom is -0.495 e. The summed E-state index contributed by atoms with van der Waals surface area (Å²) in [7, 11) is 1.60. The number of nitrogens with two attached hydrogens (primary N) is 1. The number of hydrogen-bond acceptors (Lipinski definition) is 4. The SMILES string of the molecule is COc1ccsc1C(=O)N1CCCC[C@H]1[C@H](C)N. The van der Waals surface area contributed by atoms with E-state index in [9.17, 15) is 4.79 Å². The summed E-state index contributed by atoms with van der Waals surface area (Å²) in [4.78, 5) is 15.2. The van der Waals surface area contributed by atoms with Gasteiger partial charge >= 0.3 is 0 Å². The summed E-state index contributed by atoms with van der Waals surface area (Å²) in [6.07, 6.45) is 3.21. The predicted molar refractivity (Wildman–Crippen MR) is 73.2 cm³/mol. The molecule has 100 valence electrons. The molecule has 0 aromatic carbocycles. The van der Waals surface area contributed by atoms with Crippen LogP contribution in [0.25, 0.3) is 0 Å². The highest BCUT2D eigenvalue weighted by Gasteiger charge is 2.31. The summed E-state index contributed by atoms with van der Waals surface area (Å²) in [5, 5.41) is 1.89. The van der Waals surface area contributed by atoms with Gasteiger partial charge in [0.1, 0.15) is 10.6 Å². The molecule has 0 aliphatic carbocycles. The van der Waals surface area contributed by atoms with E-state index < -0.39 is 0 Å². The zero-order chi connectivity index (χ0) is 13.1. The first-order chi connectivity index (χ1) is 8.65. The van der Waals surface area contributed by atoms with Crippen molar-refractivity contribution in [1.29, 1.82) is 0 Å². The van der Waals surface area contributed by atoms with E-state index in [2.05, 4.69) is 0 Å². The summed E-state index contributed by atoms with van der Waals surface area (Å²) in [6, 6.07) is 2.00. The van der Waals surface area contributed by atoms with Gasteiger partial charge in [0.05, 0.1) is 7.11 Å². The summed E-state index contributed by atoms with van der Waals surface area (Å²) in [5.74, 6) is 0.725. The van der Waals surface area contributed by atoms with Crippen molar-refractivity contribution < 1.29 is 9.53 Å². The summed E-state index contributed by atoms with van der Waals surface area (Å²) >= 11 is 1.43. The van der Waals surface area contributed by atoms with Gasteiger partial charge in [0.15, 0.2) is 0 Å². The molecule has 0 unspecified atom stereocenters. The lowest BCUT2D eigenvalue weighted by atomic mass is 9.97. The van der Waals surface area contributed by atoms with Crippen LogP contribution in [0.4, 0.5) is 0 Å². The molecule has 1 saturated heterocycles. The molecule has 1 aliphatic heterocycles. The van der Waals surface area contributed by atoms with Crippen LogP contribution in [-0.4, -0.2) is 36.5 Å². The molecule has 4 nitrogen and oxygen atoms in total. The second-order valence-corrected chi connectivity index (χ2v) is 5.66. The molecular weight excluding hydrogens is 248 g/mol. The van der Waals surface area contributed by atoms with Crippen LogP contribution in [0.1, 0.15) is 35.9 Å². The van der Waals surface area contributed by atoms with Crippen molar-refractivity contribution >= 4 is 17.2 Å². The fourth-order valence-electron chi connectivity index (χ4n) is 2.50. The first-order valence-electron chi connectivity index (χ1n) is 6.33. The van der Waals surface area contributed by atoms with E-state index in [4.69, 9.17) is 10.5 Å². The standard InChI is InChI=1S/C13H20N2O2S/c1-9(14)10-5-3-4-7-15(10)13(16)12-11(17-2)6-8-18-12/h6,8-10H,3-5,7,14H2,1-2H3/t9-,10-/m0/s1. The van der Waals surface area contributed by atoms with Crippen LogP contribution >= 0.6 is 11.3 Å². The van der Waals surface area contributed by atoms with Crippen molar-refractivity contribution in [1.82, 2.24) is 4.90 Å². The third-order valence-electron chi connectivity index (χ3n) is 3.46. The summed E-state index contributed by atoms with van der Waals surface area (Å²) in [6.45, 7) is 2.77. The Bertz CT molecular complexity index is 417. The minimum atomic E-state index is 0.0141. The maximum Gasteiger partial charge on any atom is 0.268 e. The zero-order valence-corrected chi connectivity index (χ0v) is 11.7. The number of piperidine rings is 1. The van der Waals surface area contributed by atoms with Gasteiger partial charge in [-0.15, -0.1) is 11.3 Å². The minimum absolute atomic E-state index is 0.0141. The number of amides is 1. The number of likely N-dealkylation sites (tertiary alicyclic amines) is 1. The number of ether oxygens (including phenoxy) is 1. The molecule has 1 amide bonds. The van der Waals surface area contributed by atoms with E-state index in [1.807, 2.05) is 23.3 Å². The Morgan fingerprint density at radius 1 is 1.61 bits per heavy atom.